The number of carboxylic acids is 1. The van der Waals surface area contributed by atoms with Crippen LogP contribution in [0.3, 0.4) is 0 Å². The third-order valence-corrected chi connectivity index (χ3v) is 1.75. The molecule has 0 aliphatic rings. The van der Waals surface area contributed by atoms with Crippen LogP contribution >= 0.6 is 12.2 Å². The van der Waals surface area contributed by atoms with Crippen LogP contribution in [0.5, 0.6) is 5.75 Å². The molecule has 0 unspecified atom stereocenters. The molecule has 4 N–H and O–H groups in total. The van der Waals surface area contributed by atoms with E-state index < -0.39 is 5.97 Å². The van der Waals surface area contributed by atoms with Crippen LogP contribution in [0.2, 0.25) is 0 Å². The van der Waals surface area contributed by atoms with Crippen LogP contribution in [-0.4, -0.2) is 21.2 Å². The number of thiocarbonyl (C=S) groups is 1. The maximum Gasteiger partial charge on any atom is 0.339 e. The van der Waals surface area contributed by atoms with Gasteiger partial charge in [-0.2, -0.15) is 0 Å². The Morgan fingerprint density at radius 1 is 1.38 bits per heavy atom. The summed E-state index contributed by atoms with van der Waals surface area (Å²) in [4.78, 5) is 10.5. The van der Waals surface area contributed by atoms with E-state index in [0.717, 1.165) is 0 Å². The second kappa shape index (κ2) is 3.40. The van der Waals surface area contributed by atoms with Crippen LogP contribution in [0.15, 0.2) is 18.2 Å². The summed E-state index contributed by atoms with van der Waals surface area (Å²) in [5.41, 5.74) is 5.23. The summed E-state index contributed by atoms with van der Waals surface area (Å²) in [6.07, 6.45) is 0. The second-order valence-electron chi connectivity index (χ2n) is 2.37. The molecule has 0 atom stereocenters. The maximum absolute atomic E-state index is 10.6. The van der Waals surface area contributed by atoms with Crippen LogP contribution < -0.4 is 5.73 Å². The number of aromatic hydroxyl groups is 1. The molecule has 1 rings (SSSR count). The van der Waals surface area contributed by atoms with Crippen molar-refractivity contribution < 1.29 is 15.0 Å². The summed E-state index contributed by atoms with van der Waals surface area (Å²) in [5.74, 6) is -1.60. The van der Waals surface area contributed by atoms with Gasteiger partial charge in [-0.3, -0.25) is 0 Å². The van der Waals surface area contributed by atoms with Crippen LogP contribution in [0.1, 0.15) is 15.9 Å². The van der Waals surface area contributed by atoms with Crippen molar-refractivity contribution in [2.45, 2.75) is 0 Å². The third kappa shape index (κ3) is 1.75. The fraction of sp³-hybridized carbons (Fsp3) is 0. The number of phenols is 1. The summed E-state index contributed by atoms with van der Waals surface area (Å²) in [5, 5.41) is 18.0. The smallest absolute Gasteiger partial charge is 0.339 e. The molecule has 1 aromatic rings. The molecule has 0 saturated carbocycles. The van der Waals surface area contributed by atoms with Gasteiger partial charge in [0.1, 0.15) is 16.3 Å². The average molecular weight is 197 g/mol. The number of carbonyl (C=O) groups is 1. The number of nitrogens with two attached hydrogens (primary N) is 1. The number of rotatable bonds is 2. The lowest BCUT2D eigenvalue weighted by Crippen LogP contribution is -2.11. The molecule has 0 saturated heterocycles. The molecular weight excluding hydrogens is 190 g/mol. The fourth-order valence-corrected chi connectivity index (χ4v) is 1.08. The van der Waals surface area contributed by atoms with Gasteiger partial charge in [0.05, 0.1) is 5.56 Å². The first-order chi connectivity index (χ1) is 6.04. The molecule has 0 amide bonds. The zero-order chi connectivity index (χ0) is 10.0. The lowest BCUT2D eigenvalue weighted by Gasteiger charge is -2.04. The largest absolute Gasteiger partial charge is 0.506 e. The normalized spacial score (nSPS) is 9.54. The third-order valence-electron chi connectivity index (χ3n) is 1.53. The Morgan fingerprint density at radius 3 is 2.38 bits per heavy atom. The van der Waals surface area contributed by atoms with Gasteiger partial charge in [0.15, 0.2) is 0 Å². The fourth-order valence-electron chi connectivity index (χ4n) is 0.915. The van der Waals surface area contributed by atoms with Crippen molar-refractivity contribution in [1.82, 2.24) is 0 Å². The van der Waals surface area contributed by atoms with Crippen LogP contribution in [0.4, 0.5) is 0 Å². The summed E-state index contributed by atoms with van der Waals surface area (Å²) in [6, 6.07) is 4.21. The average Bonchev–Trinajstić information content (AvgIpc) is 2.03. The molecule has 0 heterocycles. The van der Waals surface area contributed by atoms with Gasteiger partial charge < -0.3 is 15.9 Å². The number of hydrogen-bond donors (Lipinski definition) is 3. The number of aromatic carboxylic acids is 1. The van der Waals surface area contributed by atoms with Gasteiger partial charge in [-0.15, -0.1) is 0 Å². The molecule has 0 aliphatic carbocycles. The zero-order valence-corrected chi connectivity index (χ0v) is 7.34. The Kier molecular flexibility index (Phi) is 2.48. The Hall–Kier alpha value is -1.62. The number of hydrogen-bond acceptors (Lipinski definition) is 3. The quantitative estimate of drug-likeness (QED) is 0.608. The highest BCUT2D eigenvalue weighted by Gasteiger charge is 2.13. The molecule has 0 aromatic heterocycles. The maximum atomic E-state index is 10.6. The lowest BCUT2D eigenvalue weighted by molar-refractivity contribution is 0.0693. The molecule has 0 spiro atoms. The van der Waals surface area contributed by atoms with Gasteiger partial charge in [-0.25, -0.2) is 4.79 Å². The van der Waals surface area contributed by atoms with Gasteiger partial charge in [0.25, 0.3) is 0 Å². The van der Waals surface area contributed by atoms with Gasteiger partial charge in [-0.1, -0.05) is 18.3 Å². The van der Waals surface area contributed by atoms with Crippen LogP contribution in [0, 0.1) is 0 Å². The zero-order valence-electron chi connectivity index (χ0n) is 6.52. The minimum atomic E-state index is -1.21. The number of carboxylic acid groups (broad SMARTS) is 1. The molecule has 4 nitrogen and oxygen atoms in total. The van der Waals surface area contributed by atoms with Gasteiger partial charge in [0, 0.05) is 0 Å². The minimum Gasteiger partial charge on any atom is -0.506 e. The van der Waals surface area contributed by atoms with Crippen molar-refractivity contribution in [2.24, 2.45) is 5.73 Å². The minimum absolute atomic E-state index is 0.0272. The molecule has 5 heteroatoms. The van der Waals surface area contributed by atoms with E-state index in [9.17, 15) is 9.90 Å². The first kappa shape index (κ1) is 9.47. The van der Waals surface area contributed by atoms with Gasteiger partial charge >= 0.3 is 5.97 Å². The molecule has 0 bridgehead atoms. The van der Waals surface area contributed by atoms with E-state index in [1.54, 1.807) is 0 Å². The molecule has 0 aliphatic heterocycles. The predicted molar refractivity (Wildman–Crippen MR) is 51.0 cm³/mol. The Morgan fingerprint density at radius 2 is 1.92 bits per heavy atom. The van der Waals surface area contributed by atoms with E-state index in [4.69, 9.17) is 10.8 Å². The highest BCUT2D eigenvalue weighted by molar-refractivity contribution is 7.80. The Labute approximate surface area is 79.6 Å². The first-order valence-electron chi connectivity index (χ1n) is 3.39. The van der Waals surface area contributed by atoms with E-state index >= 15 is 0 Å². The van der Waals surface area contributed by atoms with Crippen molar-refractivity contribution in [3.63, 3.8) is 0 Å². The highest BCUT2D eigenvalue weighted by atomic mass is 32.1. The summed E-state index contributed by atoms with van der Waals surface area (Å²) >= 11 is 4.62. The Balaban J connectivity index is 3.35. The molecule has 13 heavy (non-hydrogen) atoms. The molecule has 0 radical (unpaired) electrons. The van der Waals surface area contributed by atoms with Crippen molar-refractivity contribution in [1.29, 1.82) is 0 Å². The van der Waals surface area contributed by atoms with Crippen LogP contribution in [0.25, 0.3) is 0 Å². The topological polar surface area (TPSA) is 83.6 Å². The Bertz CT molecular complexity index is 343. The SMILES string of the molecule is NC(=S)c1cccc(C(=O)O)c1O. The van der Waals surface area contributed by atoms with Crippen molar-refractivity contribution in [2.75, 3.05) is 0 Å². The van der Waals surface area contributed by atoms with Gasteiger partial charge in [0.2, 0.25) is 0 Å². The molecule has 1 aromatic carbocycles. The van der Waals surface area contributed by atoms with E-state index in [1.807, 2.05) is 0 Å². The molecule has 0 fully saturated rings. The van der Waals surface area contributed by atoms with E-state index in [0.29, 0.717) is 0 Å². The lowest BCUT2D eigenvalue weighted by atomic mass is 10.1. The first-order valence-corrected chi connectivity index (χ1v) is 3.80. The molecule has 68 valence electrons. The highest BCUT2D eigenvalue weighted by Crippen LogP contribution is 2.21. The summed E-state index contributed by atoms with van der Waals surface area (Å²) in [6.45, 7) is 0. The summed E-state index contributed by atoms with van der Waals surface area (Å²) < 4.78 is 0. The van der Waals surface area contributed by atoms with Crippen LogP contribution in [-0.2, 0) is 0 Å². The number of para-hydroxylation sites is 1. The van der Waals surface area contributed by atoms with E-state index in [2.05, 4.69) is 12.2 Å². The van der Waals surface area contributed by atoms with Crippen molar-refractivity contribution in [3.8, 4) is 5.75 Å². The van der Waals surface area contributed by atoms with E-state index in [1.165, 1.54) is 18.2 Å². The van der Waals surface area contributed by atoms with Crippen molar-refractivity contribution in [3.05, 3.63) is 29.3 Å². The van der Waals surface area contributed by atoms with E-state index in [-0.39, 0.29) is 21.9 Å². The predicted octanol–water partition coefficient (Wildman–Crippen LogP) is 0.725. The number of benzene rings is 1. The van der Waals surface area contributed by atoms with Gasteiger partial charge in [-0.05, 0) is 12.1 Å². The monoisotopic (exact) mass is 197 g/mol. The molecular formula is C8H7NO3S. The standard InChI is InChI=1S/C8H7NO3S/c9-7(13)4-2-1-3-5(6(4)10)8(11)12/h1-3,10H,(H2,9,13)(H,11,12). The van der Waals surface area contributed by atoms with Crippen molar-refractivity contribution >= 4 is 23.2 Å². The second-order valence-corrected chi connectivity index (χ2v) is 2.81. The summed E-state index contributed by atoms with van der Waals surface area (Å²) in [7, 11) is 0.